The lowest BCUT2D eigenvalue weighted by Crippen LogP contribution is -2.24. The largest absolute Gasteiger partial charge is 0.467 e. The number of aromatic nitrogens is 3. The monoisotopic (exact) mass is 385 g/mol. The number of nitrogen functional groups attached to an aromatic ring is 1. The zero-order valence-electron chi connectivity index (χ0n) is 15.6. The maximum absolute atomic E-state index is 12.0. The molecule has 0 aliphatic rings. The van der Waals surface area contributed by atoms with Crippen molar-refractivity contribution in [2.24, 2.45) is 0 Å². The fourth-order valence-corrected chi connectivity index (χ4v) is 3.16. The molecule has 8 heteroatoms. The van der Waals surface area contributed by atoms with Crippen LogP contribution < -0.4 is 11.2 Å². The van der Waals surface area contributed by atoms with E-state index in [1.165, 1.54) is 22.0 Å². The maximum atomic E-state index is 12.0. The second-order valence-electron chi connectivity index (χ2n) is 7.15. The lowest BCUT2D eigenvalue weighted by atomic mass is 9.87. The van der Waals surface area contributed by atoms with Crippen LogP contribution in [0.5, 0.6) is 0 Å². The normalized spacial score (nSPS) is 11.5. The zero-order chi connectivity index (χ0) is 19.4. The first-order valence-corrected chi connectivity index (χ1v) is 9.56. The summed E-state index contributed by atoms with van der Waals surface area (Å²) < 4.78 is 6.59. The number of hydrogen-bond donors (Lipinski definition) is 2. The summed E-state index contributed by atoms with van der Waals surface area (Å²) in [6.45, 7) is 6.85. The van der Waals surface area contributed by atoms with Crippen molar-refractivity contribution in [1.29, 1.82) is 0 Å². The van der Waals surface area contributed by atoms with Crippen LogP contribution in [-0.4, -0.2) is 26.5 Å². The van der Waals surface area contributed by atoms with Crippen LogP contribution in [-0.2, 0) is 16.8 Å². The van der Waals surface area contributed by atoms with Gasteiger partial charge in [0, 0.05) is 5.56 Å². The third-order valence-electron chi connectivity index (χ3n) is 4.05. The molecule has 0 fully saturated rings. The van der Waals surface area contributed by atoms with E-state index in [0.717, 1.165) is 5.56 Å². The van der Waals surface area contributed by atoms with E-state index in [1.54, 1.807) is 18.4 Å². The number of hydrogen-bond acceptors (Lipinski definition) is 6. The van der Waals surface area contributed by atoms with E-state index in [9.17, 15) is 4.79 Å². The van der Waals surface area contributed by atoms with Crippen molar-refractivity contribution in [3.8, 4) is 11.4 Å². The lowest BCUT2D eigenvalue weighted by Gasteiger charge is -2.19. The number of nitrogens with two attached hydrogens (primary N) is 1. The SMILES string of the molecule is CC(C)(C)c1ccc(-c2nnc(SCC(=O)NCc3ccco3)n2N)cc1. The fraction of sp³-hybridized carbons (Fsp3) is 0.316. The Kier molecular flexibility index (Phi) is 5.55. The van der Waals surface area contributed by atoms with Crippen LogP contribution in [0.2, 0.25) is 0 Å². The molecule has 1 aromatic carbocycles. The molecule has 0 saturated carbocycles. The van der Waals surface area contributed by atoms with Crippen LogP contribution in [0.15, 0.2) is 52.2 Å². The van der Waals surface area contributed by atoms with Crippen molar-refractivity contribution in [2.45, 2.75) is 37.9 Å². The molecular weight excluding hydrogens is 362 g/mol. The quantitative estimate of drug-likeness (QED) is 0.500. The number of furan rings is 1. The number of nitrogens with one attached hydrogen (secondary N) is 1. The van der Waals surface area contributed by atoms with Gasteiger partial charge >= 0.3 is 0 Å². The standard InChI is InChI=1S/C19H23N5O2S/c1-19(2,3)14-8-6-13(7-9-14)17-22-23-18(24(17)20)27-12-16(25)21-11-15-5-4-10-26-15/h4-10H,11-12,20H2,1-3H3,(H,21,25). The fourth-order valence-electron chi connectivity index (χ4n) is 2.47. The Balaban J connectivity index is 1.60. The van der Waals surface area contributed by atoms with E-state index >= 15 is 0 Å². The molecule has 0 radical (unpaired) electrons. The van der Waals surface area contributed by atoms with Crippen molar-refractivity contribution < 1.29 is 9.21 Å². The molecule has 0 spiro atoms. The third-order valence-corrected chi connectivity index (χ3v) is 4.99. The topological polar surface area (TPSA) is 99.0 Å². The highest BCUT2D eigenvalue weighted by Crippen LogP contribution is 2.26. The summed E-state index contributed by atoms with van der Waals surface area (Å²) in [6.07, 6.45) is 1.57. The van der Waals surface area contributed by atoms with Crippen molar-refractivity contribution >= 4 is 17.7 Å². The summed E-state index contributed by atoms with van der Waals surface area (Å²) in [5.41, 5.74) is 2.20. The van der Waals surface area contributed by atoms with E-state index in [1.807, 2.05) is 12.1 Å². The van der Waals surface area contributed by atoms with Crippen LogP contribution >= 0.6 is 11.8 Å². The molecule has 0 saturated heterocycles. The highest BCUT2D eigenvalue weighted by molar-refractivity contribution is 7.99. The Morgan fingerprint density at radius 2 is 1.96 bits per heavy atom. The van der Waals surface area contributed by atoms with E-state index in [0.29, 0.717) is 23.3 Å². The van der Waals surface area contributed by atoms with Crippen LogP contribution in [0.3, 0.4) is 0 Å². The van der Waals surface area contributed by atoms with Gasteiger partial charge in [0.15, 0.2) is 5.82 Å². The average molecular weight is 385 g/mol. The summed E-state index contributed by atoms with van der Waals surface area (Å²) in [5.74, 6) is 7.45. The number of rotatable bonds is 6. The Morgan fingerprint density at radius 3 is 2.59 bits per heavy atom. The number of carbonyl (C=O) groups is 1. The number of amides is 1. The van der Waals surface area contributed by atoms with Gasteiger partial charge in [0.2, 0.25) is 11.1 Å². The lowest BCUT2D eigenvalue weighted by molar-refractivity contribution is -0.118. The molecular formula is C19H23N5O2S. The van der Waals surface area contributed by atoms with Gasteiger partial charge in [-0.25, -0.2) is 4.68 Å². The van der Waals surface area contributed by atoms with Gasteiger partial charge in [0.05, 0.1) is 18.6 Å². The summed E-state index contributed by atoms with van der Waals surface area (Å²) in [6, 6.07) is 11.7. The molecule has 3 aromatic rings. The number of benzene rings is 1. The smallest absolute Gasteiger partial charge is 0.230 e. The van der Waals surface area contributed by atoms with Crippen molar-refractivity contribution in [1.82, 2.24) is 20.2 Å². The molecule has 142 valence electrons. The average Bonchev–Trinajstić information content (AvgIpc) is 3.27. The Bertz CT molecular complexity index is 895. The number of nitrogens with zero attached hydrogens (tertiary/aromatic N) is 3. The molecule has 3 N–H and O–H groups in total. The van der Waals surface area contributed by atoms with E-state index in [2.05, 4.69) is 48.4 Å². The Labute approximate surface area is 162 Å². The summed E-state index contributed by atoms with van der Waals surface area (Å²) in [7, 11) is 0. The molecule has 7 nitrogen and oxygen atoms in total. The first kappa shape index (κ1) is 19.0. The van der Waals surface area contributed by atoms with Gasteiger partial charge in [-0.15, -0.1) is 10.2 Å². The molecule has 3 rings (SSSR count). The maximum Gasteiger partial charge on any atom is 0.230 e. The molecule has 27 heavy (non-hydrogen) atoms. The summed E-state index contributed by atoms with van der Waals surface area (Å²) in [4.78, 5) is 12.0. The number of carbonyl (C=O) groups excluding carboxylic acids is 1. The van der Waals surface area contributed by atoms with E-state index in [-0.39, 0.29) is 17.1 Å². The van der Waals surface area contributed by atoms with Crippen LogP contribution in [0, 0.1) is 0 Å². The molecule has 0 atom stereocenters. The van der Waals surface area contributed by atoms with Crippen LogP contribution in [0.1, 0.15) is 32.1 Å². The second-order valence-corrected chi connectivity index (χ2v) is 8.09. The molecule has 1 amide bonds. The first-order valence-electron chi connectivity index (χ1n) is 8.58. The van der Waals surface area contributed by atoms with Gasteiger partial charge in [-0.3, -0.25) is 4.79 Å². The third kappa shape index (κ3) is 4.71. The predicted molar refractivity (Wildman–Crippen MR) is 106 cm³/mol. The van der Waals surface area contributed by atoms with Crippen LogP contribution in [0.25, 0.3) is 11.4 Å². The first-order chi connectivity index (χ1) is 12.8. The molecule has 0 aliphatic heterocycles. The Hall–Kier alpha value is -2.74. The highest BCUT2D eigenvalue weighted by Gasteiger charge is 2.16. The molecule has 0 unspecified atom stereocenters. The zero-order valence-corrected chi connectivity index (χ0v) is 16.4. The van der Waals surface area contributed by atoms with Gasteiger partial charge in [-0.2, -0.15) is 0 Å². The molecule has 2 heterocycles. The second kappa shape index (κ2) is 7.87. The number of thioether (sulfide) groups is 1. The van der Waals surface area contributed by atoms with Gasteiger partial charge in [-0.05, 0) is 23.1 Å². The van der Waals surface area contributed by atoms with Crippen molar-refractivity contribution in [2.75, 3.05) is 11.6 Å². The minimum Gasteiger partial charge on any atom is -0.467 e. The van der Waals surface area contributed by atoms with Crippen molar-refractivity contribution in [3.05, 3.63) is 54.0 Å². The van der Waals surface area contributed by atoms with Gasteiger partial charge in [-0.1, -0.05) is 56.8 Å². The minimum atomic E-state index is -0.129. The highest BCUT2D eigenvalue weighted by atomic mass is 32.2. The van der Waals surface area contributed by atoms with E-state index in [4.69, 9.17) is 10.3 Å². The Morgan fingerprint density at radius 1 is 1.22 bits per heavy atom. The summed E-state index contributed by atoms with van der Waals surface area (Å²) >= 11 is 1.24. The molecule has 0 bridgehead atoms. The summed E-state index contributed by atoms with van der Waals surface area (Å²) in [5, 5.41) is 11.5. The van der Waals surface area contributed by atoms with Crippen molar-refractivity contribution in [3.63, 3.8) is 0 Å². The van der Waals surface area contributed by atoms with Gasteiger partial charge < -0.3 is 15.6 Å². The van der Waals surface area contributed by atoms with Gasteiger partial charge in [0.1, 0.15) is 5.76 Å². The van der Waals surface area contributed by atoms with Gasteiger partial charge in [0.25, 0.3) is 0 Å². The molecule has 2 aromatic heterocycles. The van der Waals surface area contributed by atoms with Crippen LogP contribution in [0.4, 0.5) is 0 Å². The van der Waals surface area contributed by atoms with E-state index < -0.39 is 0 Å². The predicted octanol–water partition coefficient (Wildman–Crippen LogP) is 2.96. The molecule has 0 aliphatic carbocycles. The minimum absolute atomic E-state index is 0.0823.